The number of aryl methyl sites for hydroxylation is 1. The van der Waals surface area contributed by atoms with E-state index in [0.29, 0.717) is 0 Å². The highest BCUT2D eigenvalue weighted by atomic mass is 16.5. The second-order valence-corrected chi connectivity index (χ2v) is 4.98. The smallest absolute Gasteiger partial charge is 0.121 e. The number of hydrogen-bond acceptors (Lipinski definition) is 3. The zero-order chi connectivity index (χ0) is 12.3. The molecule has 0 spiro atoms. The Hall–Kier alpha value is -1.06. The predicted molar refractivity (Wildman–Crippen MR) is 69.8 cm³/mol. The van der Waals surface area contributed by atoms with Crippen molar-refractivity contribution in [2.24, 2.45) is 11.8 Å². The molecule has 0 bridgehead atoms. The number of hydrazine groups is 1. The van der Waals surface area contributed by atoms with Gasteiger partial charge in [0.25, 0.3) is 0 Å². The quantitative estimate of drug-likeness (QED) is 0.608. The highest BCUT2D eigenvalue weighted by Gasteiger charge is 2.22. The maximum Gasteiger partial charge on any atom is 0.121 e. The van der Waals surface area contributed by atoms with Gasteiger partial charge >= 0.3 is 0 Å². The molecule has 1 atom stereocenters. The van der Waals surface area contributed by atoms with Crippen LogP contribution in [0.2, 0.25) is 0 Å². The molecule has 1 aromatic carbocycles. The van der Waals surface area contributed by atoms with Crippen molar-refractivity contribution in [1.29, 1.82) is 0 Å². The van der Waals surface area contributed by atoms with Crippen molar-refractivity contribution in [3.05, 3.63) is 29.3 Å². The van der Waals surface area contributed by atoms with Gasteiger partial charge in [0.2, 0.25) is 0 Å². The van der Waals surface area contributed by atoms with Crippen molar-refractivity contribution in [3.8, 4) is 5.75 Å². The Labute approximate surface area is 103 Å². The molecule has 1 saturated carbocycles. The van der Waals surface area contributed by atoms with E-state index in [0.717, 1.165) is 18.1 Å². The van der Waals surface area contributed by atoms with Gasteiger partial charge in [0.15, 0.2) is 0 Å². The Kier molecular flexibility index (Phi) is 4.02. The third-order valence-electron chi connectivity index (χ3n) is 3.82. The summed E-state index contributed by atoms with van der Waals surface area (Å²) in [5.74, 6) is 7.46. The second-order valence-electron chi connectivity index (χ2n) is 4.98. The zero-order valence-corrected chi connectivity index (χ0v) is 10.7. The van der Waals surface area contributed by atoms with E-state index in [4.69, 9.17) is 10.6 Å². The second kappa shape index (κ2) is 5.52. The largest absolute Gasteiger partial charge is 0.496 e. The molecule has 0 aromatic heterocycles. The number of nitrogens with two attached hydrogens (primary N) is 1. The van der Waals surface area contributed by atoms with Gasteiger partial charge in [0.1, 0.15) is 5.75 Å². The van der Waals surface area contributed by atoms with Crippen molar-refractivity contribution in [1.82, 2.24) is 5.43 Å². The molecule has 3 nitrogen and oxygen atoms in total. The summed E-state index contributed by atoms with van der Waals surface area (Å²) < 4.78 is 5.28. The number of rotatable bonds is 5. The molecule has 94 valence electrons. The van der Waals surface area contributed by atoms with E-state index in [1.807, 2.05) is 6.07 Å². The van der Waals surface area contributed by atoms with Gasteiger partial charge in [-0.15, -0.1) is 0 Å². The molecule has 2 rings (SSSR count). The molecule has 3 N–H and O–H groups in total. The predicted octanol–water partition coefficient (Wildman–Crippen LogP) is 2.70. The van der Waals surface area contributed by atoms with Crippen LogP contribution in [0, 0.1) is 12.8 Å². The van der Waals surface area contributed by atoms with E-state index in [-0.39, 0.29) is 6.04 Å². The molecule has 3 heteroatoms. The summed E-state index contributed by atoms with van der Waals surface area (Å²) in [5.41, 5.74) is 5.37. The molecule has 17 heavy (non-hydrogen) atoms. The molecular formula is C14H22N2O. The number of benzene rings is 1. The van der Waals surface area contributed by atoms with E-state index in [1.165, 1.54) is 30.4 Å². The third-order valence-corrected chi connectivity index (χ3v) is 3.82. The Bertz CT molecular complexity index is 374. The lowest BCUT2D eigenvalue weighted by Gasteiger charge is -2.29. The first-order valence-corrected chi connectivity index (χ1v) is 6.35. The molecule has 1 aromatic rings. The van der Waals surface area contributed by atoms with Crippen molar-refractivity contribution in [2.45, 2.75) is 38.6 Å². The fourth-order valence-electron chi connectivity index (χ4n) is 2.48. The van der Waals surface area contributed by atoms with E-state index in [2.05, 4.69) is 24.5 Å². The summed E-state index contributed by atoms with van der Waals surface area (Å²) >= 11 is 0. The van der Waals surface area contributed by atoms with Crippen LogP contribution in [-0.4, -0.2) is 7.11 Å². The summed E-state index contributed by atoms with van der Waals surface area (Å²) in [7, 11) is 1.70. The molecule has 1 unspecified atom stereocenters. The van der Waals surface area contributed by atoms with E-state index < -0.39 is 0 Å². The number of nitrogens with one attached hydrogen (secondary N) is 1. The minimum Gasteiger partial charge on any atom is -0.496 e. The van der Waals surface area contributed by atoms with Crippen LogP contribution in [0.5, 0.6) is 5.75 Å². The maximum atomic E-state index is 5.67. The van der Waals surface area contributed by atoms with E-state index in [9.17, 15) is 0 Å². The van der Waals surface area contributed by atoms with E-state index >= 15 is 0 Å². The molecule has 0 amide bonds. The molecule has 1 aliphatic carbocycles. The van der Waals surface area contributed by atoms with Crippen molar-refractivity contribution < 1.29 is 4.74 Å². The average Bonchev–Trinajstić information content (AvgIpc) is 2.28. The van der Waals surface area contributed by atoms with Crippen molar-refractivity contribution in [2.75, 3.05) is 7.11 Å². The minimum atomic E-state index is 0.268. The van der Waals surface area contributed by atoms with Gasteiger partial charge in [-0.3, -0.25) is 11.3 Å². The average molecular weight is 234 g/mol. The molecule has 1 aliphatic rings. The van der Waals surface area contributed by atoms with Crippen LogP contribution in [-0.2, 0) is 0 Å². The lowest BCUT2D eigenvalue weighted by Crippen LogP contribution is -2.31. The Morgan fingerprint density at radius 2 is 2.24 bits per heavy atom. The van der Waals surface area contributed by atoms with E-state index in [1.54, 1.807) is 7.11 Å². The van der Waals surface area contributed by atoms with Gasteiger partial charge in [-0.1, -0.05) is 31.4 Å². The summed E-state index contributed by atoms with van der Waals surface area (Å²) in [6.07, 6.45) is 5.23. The summed E-state index contributed by atoms with van der Waals surface area (Å²) in [5, 5.41) is 0. The monoisotopic (exact) mass is 234 g/mol. The Balaban J connectivity index is 2.09. The van der Waals surface area contributed by atoms with Crippen LogP contribution in [0.3, 0.4) is 0 Å². The van der Waals surface area contributed by atoms with Crippen molar-refractivity contribution in [3.63, 3.8) is 0 Å². The van der Waals surface area contributed by atoms with Gasteiger partial charge in [-0.25, -0.2) is 0 Å². The first-order valence-electron chi connectivity index (χ1n) is 6.35. The fraction of sp³-hybridized carbons (Fsp3) is 0.571. The maximum absolute atomic E-state index is 5.67. The Morgan fingerprint density at radius 3 is 2.71 bits per heavy atom. The van der Waals surface area contributed by atoms with Crippen LogP contribution < -0.4 is 16.0 Å². The number of methoxy groups -OCH3 is 1. The summed E-state index contributed by atoms with van der Waals surface area (Å²) in [6, 6.07) is 6.57. The topological polar surface area (TPSA) is 47.3 Å². The minimum absolute atomic E-state index is 0.268. The van der Waals surface area contributed by atoms with Gasteiger partial charge in [0, 0.05) is 6.04 Å². The highest BCUT2D eigenvalue weighted by Crippen LogP contribution is 2.35. The van der Waals surface area contributed by atoms with Crippen molar-refractivity contribution >= 4 is 0 Å². The molecule has 0 saturated heterocycles. The van der Waals surface area contributed by atoms with Crippen LogP contribution >= 0.6 is 0 Å². The molecular weight excluding hydrogens is 212 g/mol. The van der Waals surface area contributed by atoms with Crippen LogP contribution in [0.25, 0.3) is 0 Å². The summed E-state index contributed by atoms with van der Waals surface area (Å²) in [4.78, 5) is 0. The molecule has 0 aliphatic heterocycles. The standard InChI is InChI=1S/C14H22N2O/c1-10-8-12(6-7-14(10)17-2)13(16-15)9-11-4-3-5-11/h6-8,11,13,16H,3-5,9,15H2,1-2H3. The SMILES string of the molecule is COc1ccc(C(CC2CCC2)NN)cc1C. The lowest BCUT2D eigenvalue weighted by molar-refractivity contribution is 0.262. The van der Waals surface area contributed by atoms with Gasteiger partial charge < -0.3 is 4.74 Å². The lowest BCUT2D eigenvalue weighted by atomic mass is 9.79. The fourth-order valence-corrected chi connectivity index (χ4v) is 2.48. The molecule has 0 heterocycles. The van der Waals surface area contributed by atoms with Gasteiger partial charge in [-0.05, 0) is 36.5 Å². The molecule has 0 radical (unpaired) electrons. The third kappa shape index (κ3) is 2.79. The van der Waals surface area contributed by atoms with Gasteiger partial charge in [-0.2, -0.15) is 0 Å². The normalized spacial score (nSPS) is 17.6. The highest BCUT2D eigenvalue weighted by molar-refractivity contribution is 5.37. The first kappa shape index (κ1) is 12.4. The number of ether oxygens (including phenoxy) is 1. The summed E-state index contributed by atoms with van der Waals surface area (Å²) in [6.45, 7) is 2.07. The van der Waals surface area contributed by atoms with Crippen LogP contribution in [0.1, 0.15) is 42.9 Å². The number of hydrogen-bond donors (Lipinski definition) is 2. The zero-order valence-electron chi connectivity index (χ0n) is 10.7. The Morgan fingerprint density at radius 1 is 1.47 bits per heavy atom. The molecule has 1 fully saturated rings. The van der Waals surface area contributed by atoms with Crippen LogP contribution in [0.15, 0.2) is 18.2 Å². The van der Waals surface area contributed by atoms with Crippen LogP contribution in [0.4, 0.5) is 0 Å². The first-order chi connectivity index (χ1) is 8.24. The van der Waals surface area contributed by atoms with Gasteiger partial charge in [0.05, 0.1) is 7.11 Å².